The molecule has 0 radical (unpaired) electrons. The molecular formula is C13H17N3O3. The molecule has 0 bridgehead atoms. The van der Waals surface area contributed by atoms with Crippen LogP contribution in [0.3, 0.4) is 0 Å². The van der Waals surface area contributed by atoms with E-state index in [0.29, 0.717) is 0 Å². The van der Waals surface area contributed by atoms with E-state index in [2.05, 4.69) is 15.8 Å². The van der Waals surface area contributed by atoms with Crippen LogP contribution in [0.1, 0.15) is 5.56 Å². The Kier molecular flexibility index (Phi) is 3.63. The number of hydrazine groups is 1. The minimum Gasteiger partial charge on any atom is -0.482 e. The molecule has 0 spiro atoms. The second-order valence-electron chi connectivity index (χ2n) is 4.60. The highest BCUT2D eigenvalue weighted by atomic mass is 16.5. The monoisotopic (exact) mass is 263 g/mol. The van der Waals surface area contributed by atoms with Gasteiger partial charge in [0.05, 0.1) is 18.9 Å². The Hall–Kier alpha value is -1.63. The Labute approximate surface area is 111 Å². The number of benzene rings is 1. The zero-order chi connectivity index (χ0) is 13.1. The third-order valence-corrected chi connectivity index (χ3v) is 3.19. The zero-order valence-corrected chi connectivity index (χ0v) is 10.6. The topological polar surface area (TPSA) is 62.8 Å². The Balaban J connectivity index is 1.61. The standard InChI is InChI=1S/C13H17N3O3/c17-13-9-19-12-2-1-10(7-11(12)15-13)8-14-16-3-5-18-6-4-16/h1-2,7,14H,3-6,8-9H2,(H,15,17). The first-order valence-corrected chi connectivity index (χ1v) is 6.43. The smallest absolute Gasteiger partial charge is 0.262 e. The van der Waals surface area contributed by atoms with Crippen LogP contribution < -0.4 is 15.5 Å². The van der Waals surface area contributed by atoms with Crippen molar-refractivity contribution in [1.29, 1.82) is 0 Å². The molecule has 1 aromatic carbocycles. The van der Waals surface area contributed by atoms with Crippen molar-refractivity contribution in [3.63, 3.8) is 0 Å². The second-order valence-corrected chi connectivity index (χ2v) is 4.60. The Bertz CT molecular complexity index is 472. The van der Waals surface area contributed by atoms with Gasteiger partial charge < -0.3 is 14.8 Å². The van der Waals surface area contributed by atoms with E-state index in [-0.39, 0.29) is 12.5 Å². The fourth-order valence-electron chi connectivity index (χ4n) is 2.16. The van der Waals surface area contributed by atoms with Gasteiger partial charge in [-0.1, -0.05) is 6.07 Å². The minimum absolute atomic E-state index is 0.0956. The lowest BCUT2D eigenvalue weighted by atomic mass is 10.1. The summed E-state index contributed by atoms with van der Waals surface area (Å²) >= 11 is 0. The number of rotatable bonds is 3. The van der Waals surface area contributed by atoms with Gasteiger partial charge in [0.1, 0.15) is 5.75 Å². The van der Waals surface area contributed by atoms with Crippen molar-refractivity contribution in [2.24, 2.45) is 0 Å². The quantitative estimate of drug-likeness (QED) is 0.824. The van der Waals surface area contributed by atoms with E-state index in [0.717, 1.165) is 49.8 Å². The highest BCUT2D eigenvalue weighted by Gasteiger charge is 2.16. The maximum Gasteiger partial charge on any atom is 0.262 e. The van der Waals surface area contributed by atoms with Crippen molar-refractivity contribution in [1.82, 2.24) is 10.4 Å². The van der Waals surface area contributed by atoms with Crippen LogP contribution in [0.5, 0.6) is 5.75 Å². The maximum atomic E-state index is 11.3. The van der Waals surface area contributed by atoms with Gasteiger partial charge in [0.25, 0.3) is 5.91 Å². The van der Waals surface area contributed by atoms with Crippen LogP contribution in [-0.4, -0.2) is 43.8 Å². The minimum atomic E-state index is -0.106. The summed E-state index contributed by atoms with van der Waals surface area (Å²) in [5.41, 5.74) is 5.21. The molecule has 1 amide bonds. The van der Waals surface area contributed by atoms with Gasteiger partial charge in [0.15, 0.2) is 6.61 Å². The Morgan fingerprint density at radius 1 is 1.32 bits per heavy atom. The molecule has 19 heavy (non-hydrogen) atoms. The van der Waals surface area contributed by atoms with Crippen molar-refractivity contribution >= 4 is 11.6 Å². The van der Waals surface area contributed by atoms with Gasteiger partial charge in [-0.25, -0.2) is 5.01 Å². The number of nitrogens with one attached hydrogen (secondary N) is 2. The average molecular weight is 263 g/mol. The molecule has 102 valence electrons. The van der Waals surface area contributed by atoms with Gasteiger partial charge in [-0.2, -0.15) is 0 Å². The molecule has 1 aromatic rings. The summed E-state index contributed by atoms with van der Waals surface area (Å²) in [6.07, 6.45) is 0. The van der Waals surface area contributed by atoms with E-state index >= 15 is 0 Å². The molecular weight excluding hydrogens is 246 g/mol. The summed E-state index contributed by atoms with van der Waals surface area (Å²) in [6.45, 7) is 4.14. The predicted molar refractivity (Wildman–Crippen MR) is 69.8 cm³/mol. The van der Waals surface area contributed by atoms with Gasteiger partial charge in [0, 0.05) is 19.6 Å². The van der Waals surface area contributed by atoms with Crippen LogP contribution in [-0.2, 0) is 16.1 Å². The lowest BCUT2D eigenvalue weighted by molar-refractivity contribution is -0.118. The first-order valence-electron chi connectivity index (χ1n) is 6.43. The summed E-state index contributed by atoms with van der Waals surface area (Å²) in [6, 6.07) is 5.84. The normalized spacial score (nSPS) is 19.5. The largest absolute Gasteiger partial charge is 0.482 e. The molecule has 0 aliphatic carbocycles. The van der Waals surface area contributed by atoms with Gasteiger partial charge in [-0.05, 0) is 17.7 Å². The number of carbonyl (C=O) groups excluding carboxylic acids is 1. The SMILES string of the molecule is O=C1COc2ccc(CNN3CCOCC3)cc2N1. The Morgan fingerprint density at radius 2 is 2.16 bits per heavy atom. The molecule has 2 aliphatic rings. The van der Waals surface area contributed by atoms with Crippen LogP contribution in [0.2, 0.25) is 0 Å². The third-order valence-electron chi connectivity index (χ3n) is 3.19. The molecule has 6 heteroatoms. The zero-order valence-electron chi connectivity index (χ0n) is 10.6. The summed E-state index contributed by atoms with van der Waals surface area (Å²) in [4.78, 5) is 11.3. The fourth-order valence-corrected chi connectivity index (χ4v) is 2.16. The maximum absolute atomic E-state index is 11.3. The summed E-state index contributed by atoms with van der Waals surface area (Å²) in [7, 11) is 0. The molecule has 1 fully saturated rings. The van der Waals surface area contributed by atoms with E-state index in [4.69, 9.17) is 9.47 Å². The number of carbonyl (C=O) groups is 1. The first-order chi connectivity index (χ1) is 9.31. The van der Waals surface area contributed by atoms with E-state index in [1.54, 1.807) is 0 Å². The molecule has 0 aromatic heterocycles. The first kappa shape index (κ1) is 12.4. The molecule has 2 aliphatic heterocycles. The van der Waals surface area contributed by atoms with Crippen LogP contribution in [0, 0.1) is 0 Å². The summed E-state index contributed by atoms with van der Waals surface area (Å²) in [5.74, 6) is 0.625. The average Bonchev–Trinajstić information content (AvgIpc) is 2.46. The number of nitrogens with zero attached hydrogens (tertiary/aromatic N) is 1. The molecule has 0 unspecified atom stereocenters. The molecule has 1 saturated heterocycles. The number of hydrogen-bond donors (Lipinski definition) is 2. The van der Waals surface area contributed by atoms with Crippen molar-refractivity contribution in [3.05, 3.63) is 23.8 Å². The van der Waals surface area contributed by atoms with E-state index in [1.807, 2.05) is 18.2 Å². The number of hydrogen-bond acceptors (Lipinski definition) is 5. The molecule has 2 N–H and O–H groups in total. The van der Waals surface area contributed by atoms with E-state index in [9.17, 15) is 4.79 Å². The fraction of sp³-hybridized carbons (Fsp3) is 0.462. The lowest BCUT2D eigenvalue weighted by Crippen LogP contribution is -2.45. The molecule has 2 heterocycles. The van der Waals surface area contributed by atoms with Crippen LogP contribution in [0.15, 0.2) is 18.2 Å². The van der Waals surface area contributed by atoms with E-state index < -0.39 is 0 Å². The number of ether oxygens (including phenoxy) is 2. The highest BCUT2D eigenvalue weighted by Crippen LogP contribution is 2.28. The van der Waals surface area contributed by atoms with Crippen LogP contribution in [0.25, 0.3) is 0 Å². The molecule has 6 nitrogen and oxygen atoms in total. The van der Waals surface area contributed by atoms with E-state index in [1.165, 1.54) is 0 Å². The third kappa shape index (κ3) is 3.04. The van der Waals surface area contributed by atoms with Gasteiger partial charge in [0.2, 0.25) is 0 Å². The van der Waals surface area contributed by atoms with Crippen molar-refractivity contribution < 1.29 is 14.3 Å². The summed E-state index contributed by atoms with van der Waals surface area (Å²) in [5, 5.41) is 4.96. The van der Waals surface area contributed by atoms with Crippen molar-refractivity contribution in [2.45, 2.75) is 6.54 Å². The molecule has 0 atom stereocenters. The molecule has 0 saturated carbocycles. The predicted octanol–water partition coefficient (Wildman–Crippen LogP) is 0.354. The Morgan fingerprint density at radius 3 is 3.00 bits per heavy atom. The van der Waals surface area contributed by atoms with Crippen LogP contribution in [0.4, 0.5) is 5.69 Å². The number of morpholine rings is 1. The van der Waals surface area contributed by atoms with Crippen molar-refractivity contribution in [3.8, 4) is 5.75 Å². The lowest BCUT2D eigenvalue weighted by Gasteiger charge is -2.27. The molecule has 3 rings (SSSR count). The summed E-state index contributed by atoms with van der Waals surface area (Å²) < 4.78 is 10.6. The van der Waals surface area contributed by atoms with Gasteiger partial charge >= 0.3 is 0 Å². The van der Waals surface area contributed by atoms with Gasteiger partial charge in [-0.15, -0.1) is 0 Å². The number of amides is 1. The van der Waals surface area contributed by atoms with Gasteiger partial charge in [-0.3, -0.25) is 10.2 Å². The number of fused-ring (bicyclic) bond motifs is 1. The highest BCUT2D eigenvalue weighted by molar-refractivity contribution is 5.95. The number of anilines is 1. The van der Waals surface area contributed by atoms with Crippen LogP contribution >= 0.6 is 0 Å². The van der Waals surface area contributed by atoms with Crippen molar-refractivity contribution in [2.75, 3.05) is 38.2 Å². The second kappa shape index (κ2) is 5.56.